The van der Waals surface area contributed by atoms with Crippen LogP contribution in [0, 0.1) is 0 Å². The Balaban J connectivity index is 3.23. The summed E-state index contributed by atoms with van der Waals surface area (Å²) in [6, 6.07) is 0. The number of likely N-dealkylation sites (N-methyl/N-ethyl adjacent to an activating group) is 1. The number of unbranched alkanes of at least 4 members (excludes halogenated alkanes) is 5. The molecule has 4 heteroatoms. The largest absolute Gasteiger partial charge is 0.355 e. The van der Waals surface area contributed by atoms with Crippen molar-refractivity contribution >= 4 is 17.7 Å². The second-order valence-electron chi connectivity index (χ2n) is 5.20. The minimum absolute atomic E-state index is 0.163. The maximum Gasteiger partial charge on any atom is 0.234 e. The average molecular weight is 289 g/mol. The molecule has 0 aromatic heterocycles. The van der Waals surface area contributed by atoms with Crippen LogP contribution in [0.15, 0.2) is 0 Å². The van der Waals surface area contributed by atoms with Crippen molar-refractivity contribution in [3.8, 4) is 0 Å². The van der Waals surface area contributed by atoms with Crippen LogP contribution in [0.25, 0.3) is 0 Å². The van der Waals surface area contributed by atoms with Gasteiger partial charge in [0.1, 0.15) is 0 Å². The van der Waals surface area contributed by atoms with Crippen LogP contribution in [0.5, 0.6) is 0 Å². The maximum absolute atomic E-state index is 11.6. The number of carbonyl (C=O) groups excluding carboxylic acids is 1. The van der Waals surface area contributed by atoms with Crippen LogP contribution in [0.4, 0.5) is 0 Å². The molecular formula is C15H32N2OS. The average Bonchev–Trinajstić information content (AvgIpc) is 2.37. The molecule has 114 valence electrons. The smallest absolute Gasteiger partial charge is 0.234 e. The molecule has 0 fully saturated rings. The van der Waals surface area contributed by atoms with E-state index in [9.17, 15) is 4.79 Å². The number of nitrogens with one attached hydrogen (secondary N) is 1. The zero-order valence-corrected chi connectivity index (χ0v) is 13.9. The van der Waals surface area contributed by atoms with Gasteiger partial charge < -0.3 is 5.32 Å². The molecule has 0 aliphatic heterocycles. The van der Waals surface area contributed by atoms with Gasteiger partial charge in [0.05, 0.1) is 6.54 Å². The number of nitrogens with zero attached hydrogens (tertiary/aromatic N) is 1. The molecule has 0 radical (unpaired) electrons. The minimum atomic E-state index is 0.163. The normalized spacial score (nSPS) is 10.9. The molecule has 0 aromatic rings. The molecular weight excluding hydrogens is 256 g/mol. The number of carbonyl (C=O) groups is 1. The van der Waals surface area contributed by atoms with Gasteiger partial charge in [0.25, 0.3) is 0 Å². The van der Waals surface area contributed by atoms with E-state index in [2.05, 4.69) is 23.4 Å². The van der Waals surface area contributed by atoms with Crippen molar-refractivity contribution in [2.75, 3.05) is 38.7 Å². The van der Waals surface area contributed by atoms with E-state index < -0.39 is 0 Å². The molecule has 0 heterocycles. The zero-order valence-electron chi connectivity index (χ0n) is 13.0. The van der Waals surface area contributed by atoms with Crippen LogP contribution in [-0.4, -0.2) is 49.5 Å². The quantitative estimate of drug-likeness (QED) is 0.528. The lowest BCUT2D eigenvalue weighted by Crippen LogP contribution is -2.35. The van der Waals surface area contributed by atoms with Crippen molar-refractivity contribution in [2.45, 2.75) is 51.9 Å². The first-order valence-electron chi connectivity index (χ1n) is 7.64. The molecule has 0 rings (SSSR count). The zero-order chi connectivity index (χ0) is 14.3. The van der Waals surface area contributed by atoms with Crippen LogP contribution in [-0.2, 0) is 4.79 Å². The predicted octanol–water partition coefficient (Wildman–Crippen LogP) is 3.15. The Labute approximate surface area is 123 Å². The molecule has 0 atom stereocenters. The van der Waals surface area contributed by atoms with Gasteiger partial charge in [0, 0.05) is 6.54 Å². The molecule has 1 N–H and O–H groups in total. The summed E-state index contributed by atoms with van der Waals surface area (Å²) in [5, 5.41) is 3.00. The molecule has 0 saturated carbocycles. The SMILES string of the molecule is CCCN(C)CC(=O)NCCCCCCCCSC. The minimum Gasteiger partial charge on any atom is -0.355 e. The van der Waals surface area contributed by atoms with E-state index >= 15 is 0 Å². The number of hydrogen-bond acceptors (Lipinski definition) is 3. The highest BCUT2D eigenvalue weighted by molar-refractivity contribution is 7.98. The van der Waals surface area contributed by atoms with Gasteiger partial charge in [-0.25, -0.2) is 0 Å². The summed E-state index contributed by atoms with van der Waals surface area (Å²) in [7, 11) is 2.00. The van der Waals surface area contributed by atoms with Gasteiger partial charge >= 0.3 is 0 Å². The third-order valence-electron chi connectivity index (χ3n) is 3.12. The van der Waals surface area contributed by atoms with Crippen LogP contribution in [0.2, 0.25) is 0 Å². The van der Waals surface area contributed by atoms with Crippen molar-refractivity contribution in [1.82, 2.24) is 10.2 Å². The van der Waals surface area contributed by atoms with Crippen LogP contribution in [0.1, 0.15) is 51.9 Å². The van der Waals surface area contributed by atoms with Gasteiger partial charge in [-0.15, -0.1) is 0 Å². The Hall–Kier alpha value is -0.220. The second-order valence-corrected chi connectivity index (χ2v) is 6.19. The van der Waals surface area contributed by atoms with Gasteiger partial charge in [0.15, 0.2) is 0 Å². The van der Waals surface area contributed by atoms with Crippen molar-refractivity contribution in [3.63, 3.8) is 0 Å². The number of rotatable bonds is 13. The lowest BCUT2D eigenvalue weighted by Gasteiger charge is -2.14. The molecule has 3 nitrogen and oxygen atoms in total. The fourth-order valence-electron chi connectivity index (χ4n) is 2.07. The first-order valence-corrected chi connectivity index (χ1v) is 9.04. The van der Waals surface area contributed by atoms with Crippen molar-refractivity contribution in [3.05, 3.63) is 0 Å². The second kappa shape index (κ2) is 14.2. The van der Waals surface area contributed by atoms with Gasteiger partial charge in [-0.3, -0.25) is 9.69 Å². The number of hydrogen-bond donors (Lipinski definition) is 1. The van der Waals surface area contributed by atoms with E-state index in [1.54, 1.807) is 0 Å². The van der Waals surface area contributed by atoms with Crippen molar-refractivity contribution < 1.29 is 4.79 Å². The van der Waals surface area contributed by atoms with E-state index in [1.165, 1.54) is 37.9 Å². The van der Waals surface area contributed by atoms with Crippen molar-refractivity contribution in [1.29, 1.82) is 0 Å². The summed E-state index contributed by atoms with van der Waals surface area (Å²) in [5.74, 6) is 1.46. The van der Waals surface area contributed by atoms with E-state index in [0.29, 0.717) is 6.54 Å². The summed E-state index contributed by atoms with van der Waals surface area (Å²) in [6.45, 7) is 4.49. The highest BCUT2D eigenvalue weighted by Gasteiger charge is 2.04. The molecule has 0 bridgehead atoms. The number of amides is 1. The third-order valence-corrected chi connectivity index (χ3v) is 3.81. The van der Waals surface area contributed by atoms with Crippen molar-refractivity contribution in [2.24, 2.45) is 0 Å². The number of thioether (sulfide) groups is 1. The first-order chi connectivity index (χ1) is 9.20. The Morgan fingerprint density at radius 2 is 1.74 bits per heavy atom. The summed E-state index contributed by atoms with van der Waals surface area (Å²) in [4.78, 5) is 13.7. The topological polar surface area (TPSA) is 32.3 Å². The van der Waals surface area contributed by atoms with Crippen LogP contribution >= 0.6 is 11.8 Å². The highest BCUT2D eigenvalue weighted by Crippen LogP contribution is 2.07. The summed E-state index contributed by atoms with van der Waals surface area (Å²) >= 11 is 1.93. The van der Waals surface area contributed by atoms with Gasteiger partial charge in [-0.2, -0.15) is 11.8 Å². The van der Waals surface area contributed by atoms with Gasteiger partial charge in [0.2, 0.25) is 5.91 Å². The molecule has 0 aliphatic carbocycles. The molecule has 19 heavy (non-hydrogen) atoms. The first kappa shape index (κ1) is 18.8. The molecule has 1 amide bonds. The van der Waals surface area contributed by atoms with E-state index in [1.807, 2.05) is 18.8 Å². The van der Waals surface area contributed by atoms with Crippen LogP contribution in [0.3, 0.4) is 0 Å². The lowest BCUT2D eigenvalue weighted by molar-refractivity contribution is -0.121. The lowest BCUT2D eigenvalue weighted by atomic mass is 10.1. The molecule has 0 spiro atoms. The summed E-state index contributed by atoms with van der Waals surface area (Å²) in [6.07, 6.45) is 11.0. The molecule has 0 unspecified atom stereocenters. The predicted molar refractivity (Wildman–Crippen MR) is 86.9 cm³/mol. The van der Waals surface area contributed by atoms with Gasteiger partial charge in [-0.05, 0) is 44.9 Å². The van der Waals surface area contributed by atoms with E-state index in [-0.39, 0.29) is 5.91 Å². The molecule has 0 saturated heterocycles. The molecule has 0 aromatic carbocycles. The standard InChI is InChI=1S/C15H32N2OS/c1-4-12-17(2)14-15(18)16-11-9-7-5-6-8-10-13-19-3/h4-14H2,1-3H3,(H,16,18). The Morgan fingerprint density at radius 3 is 2.37 bits per heavy atom. The highest BCUT2D eigenvalue weighted by atomic mass is 32.2. The van der Waals surface area contributed by atoms with Gasteiger partial charge in [-0.1, -0.05) is 32.6 Å². The molecule has 0 aliphatic rings. The van der Waals surface area contributed by atoms with Crippen LogP contribution < -0.4 is 5.32 Å². The fourth-order valence-corrected chi connectivity index (χ4v) is 2.56. The Bertz CT molecular complexity index is 212. The summed E-state index contributed by atoms with van der Waals surface area (Å²) in [5.41, 5.74) is 0. The third kappa shape index (κ3) is 14.0. The summed E-state index contributed by atoms with van der Waals surface area (Å²) < 4.78 is 0. The fraction of sp³-hybridized carbons (Fsp3) is 0.933. The Morgan fingerprint density at radius 1 is 1.11 bits per heavy atom. The Kier molecular flexibility index (Phi) is 14.0. The maximum atomic E-state index is 11.6. The van der Waals surface area contributed by atoms with E-state index in [0.717, 1.165) is 25.9 Å². The van der Waals surface area contributed by atoms with E-state index in [4.69, 9.17) is 0 Å². The monoisotopic (exact) mass is 288 g/mol.